The summed E-state index contributed by atoms with van der Waals surface area (Å²) in [6.07, 6.45) is 0.209. The summed E-state index contributed by atoms with van der Waals surface area (Å²) in [5, 5.41) is 0. The third-order valence-corrected chi connectivity index (χ3v) is 2.01. The summed E-state index contributed by atoms with van der Waals surface area (Å²) in [5.74, 6) is 0.302. The summed E-state index contributed by atoms with van der Waals surface area (Å²) in [6.45, 7) is 3.20. The van der Waals surface area contributed by atoms with Gasteiger partial charge in [0.25, 0.3) is 0 Å². The number of aliphatic imine (C=N–C) groups is 1. The van der Waals surface area contributed by atoms with Crippen LogP contribution in [0.25, 0.3) is 0 Å². The molecule has 1 aromatic carbocycles. The van der Waals surface area contributed by atoms with Crippen LogP contribution in [0.1, 0.15) is 13.8 Å². The molecule has 0 aliphatic heterocycles. The molecule has 1 rings (SSSR count). The standard InChI is InChI=1S/C12H12N2O4/c1-9(2)14(11(16)13-8-15)12(17)18-10-6-4-3-5-7-10/h3-7,9H,1-2H3. The SMILES string of the molecule is CC(C)N(C(=O)N=C=O)C(=O)Oc1ccccc1. The number of amides is 3. The Morgan fingerprint density at radius 3 is 2.39 bits per heavy atom. The first-order valence-electron chi connectivity index (χ1n) is 5.24. The third-order valence-electron chi connectivity index (χ3n) is 2.01. The number of isocyanates is 1. The number of hydrogen-bond donors (Lipinski definition) is 0. The van der Waals surface area contributed by atoms with Crippen LogP contribution in [0.4, 0.5) is 9.59 Å². The molecule has 0 aliphatic carbocycles. The molecule has 0 saturated carbocycles. The van der Waals surface area contributed by atoms with E-state index in [0.29, 0.717) is 5.75 Å². The molecule has 3 amide bonds. The third kappa shape index (κ3) is 3.54. The maximum atomic E-state index is 11.8. The largest absolute Gasteiger partial charge is 0.423 e. The molecule has 0 N–H and O–H groups in total. The minimum absolute atomic E-state index is 0.302. The molecular formula is C12H12N2O4. The van der Waals surface area contributed by atoms with Crippen molar-refractivity contribution < 1.29 is 19.1 Å². The number of para-hydroxylation sites is 1. The Labute approximate surface area is 104 Å². The summed E-state index contributed by atoms with van der Waals surface area (Å²) in [5.41, 5.74) is 0. The van der Waals surface area contributed by atoms with Crippen molar-refractivity contribution in [1.29, 1.82) is 0 Å². The number of carbonyl (C=O) groups excluding carboxylic acids is 3. The topological polar surface area (TPSA) is 76.0 Å². The van der Waals surface area contributed by atoms with Gasteiger partial charge in [0.05, 0.1) is 0 Å². The van der Waals surface area contributed by atoms with Crippen molar-refractivity contribution >= 4 is 18.2 Å². The Bertz CT molecular complexity index is 478. The van der Waals surface area contributed by atoms with Crippen molar-refractivity contribution in [2.75, 3.05) is 0 Å². The molecule has 0 atom stereocenters. The Balaban J connectivity index is 2.84. The van der Waals surface area contributed by atoms with Gasteiger partial charge in [-0.25, -0.2) is 19.3 Å². The minimum atomic E-state index is -0.999. The highest BCUT2D eigenvalue weighted by atomic mass is 16.6. The summed E-state index contributed by atoms with van der Waals surface area (Å²) in [4.78, 5) is 36.8. The number of hydrogen-bond acceptors (Lipinski definition) is 4. The Morgan fingerprint density at radius 1 is 1.28 bits per heavy atom. The lowest BCUT2D eigenvalue weighted by atomic mass is 10.3. The first-order valence-corrected chi connectivity index (χ1v) is 5.24. The van der Waals surface area contributed by atoms with E-state index in [1.807, 2.05) is 0 Å². The van der Waals surface area contributed by atoms with E-state index in [1.165, 1.54) is 0 Å². The highest BCUT2D eigenvalue weighted by molar-refractivity contribution is 5.94. The quantitative estimate of drug-likeness (QED) is 0.594. The smallest absolute Gasteiger partial charge is 0.410 e. The molecule has 1 aromatic rings. The molecule has 94 valence electrons. The van der Waals surface area contributed by atoms with Crippen LogP contribution in [-0.4, -0.2) is 29.1 Å². The van der Waals surface area contributed by atoms with E-state index in [-0.39, 0.29) is 0 Å². The molecule has 6 nitrogen and oxygen atoms in total. The van der Waals surface area contributed by atoms with E-state index in [4.69, 9.17) is 4.74 Å². The van der Waals surface area contributed by atoms with Gasteiger partial charge < -0.3 is 4.74 Å². The molecule has 0 heterocycles. The lowest BCUT2D eigenvalue weighted by molar-refractivity contribution is 0.147. The Morgan fingerprint density at radius 2 is 1.89 bits per heavy atom. The van der Waals surface area contributed by atoms with Gasteiger partial charge in [0, 0.05) is 6.04 Å². The van der Waals surface area contributed by atoms with Gasteiger partial charge in [-0.15, -0.1) is 4.99 Å². The summed E-state index contributed by atoms with van der Waals surface area (Å²) in [7, 11) is 0. The van der Waals surface area contributed by atoms with Crippen molar-refractivity contribution in [3.63, 3.8) is 0 Å². The van der Waals surface area contributed by atoms with E-state index in [0.717, 1.165) is 11.0 Å². The maximum absolute atomic E-state index is 11.8. The number of ether oxygens (including phenoxy) is 1. The maximum Gasteiger partial charge on any atom is 0.423 e. The van der Waals surface area contributed by atoms with Crippen LogP contribution in [0.15, 0.2) is 35.3 Å². The molecule has 0 aromatic heterocycles. The van der Waals surface area contributed by atoms with Gasteiger partial charge in [-0.3, -0.25) is 0 Å². The zero-order valence-corrected chi connectivity index (χ0v) is 9.99. The van der Waals surface area contributed by atoms with Gasteiger partial charge in [-0.2, -0.15) is 0 Å². The second-order valence-corrected chi connectivity index (χ2v) is 3.63. The van der Waals surface area contributed by atoms with Gasteiger partial charge in [-0.1, -0.05) is 18.2 Å². The van der Waals surface area contributed by atoms with Gasteiger partial charge in [0.2, 0.25) is 6.08 Å². The van der Waals surface area contributed by atoms with Gasteiger partial charge in [0.15, 0.2) is 0 Å². The predicted molar refractivity (Wildman–Crippen MR) is 63.0 cm³/mol. The van der Waals surface area contributed by atoms with Crippen molar-refractivity contribution in [1.82, 2.24) is 4.90 Å². The second-order valence-electron chi connectivity index (χ2n) is 3.63. The van der Waals surface area contributed by atoms with Crippen LogP contribution in [0.5, 0.6) is 5.75 Å². The van der Waals surface area contributed by atoms with E-state index in [9.17, 15) is 14.4 Å². The lowest BCUT2D eigenvalue weighted by Crippen LogP contribution is -2.42. The minimum Gasteiger partial charge on any atom is -0.410 e. The Hall–Kier alpha value is -2.46. The summed E-state index contributed by atoms with van der Waals surface area (Å²) in [6, 6.07) is 6.81. The molecule has 18 heavy (non-hydrogen) atoms. The van der Waals surface area contributed by atoms with Crippen LogP contribution in [0.2, 0.25) is 0 Å². The molecular weight excluding hydrogens is 236 g/mol. The normalized spacial score (nSPS) is 9.50. The van der Waals surface area contributed by atoms with E-state index >= 15 is 0 Å². The number of nitrogens with zero attached hydrogens (tertiary/aromatic N) is 2. The van der Waals surface area contributed by atoms with Gasteiger partial charge >= 0.3 is 12.1 Å². The van der Waals surface area contributed by atoms with Gasteiger partial charge in [0.1, 0.15) is 5.75 Å². The fourth-order valence-electron chi connectivity index (χ4n) is 1.24. The number of carbonyl (C=O) groups is 2. The van der Waals surface area contributed by atoms with Crippen LogP contribution < -0.4 is 4.74 Å². The van der Waals surface area contributed by atoms with Gasteiger partial charge in [-0.05, 0) is 26.0 Å². The zero-order chi connectivity index (χ0) is 13.5. The molecule has 6 heteroatoms. The number of benzene rings is 1. The Kier molecular flexibility index (Phi) is 4.78. The van der Waals surface area contributed by atoms with Crippen LogP contribution >= 0.6 is 0 Å². The van der Waals surface area contributed by atoms with Crippen molar-refractivity contribution in [2.45, 2.75) is 19.9 Å². The monoisotopic (exact) mass is 248 g/mol. The van der Waals surface area contributed by atoms with Crippen molar-refractivity contribution in [3.05, 3.63) is 30.3 Å². The van der Waals surface area contributed by atoms with E-state index in [1.54, 1.807) is 44.2 Å². The first kappa shape index (κ1) is 13.6. The van der Waals surface area contributed by atoms with Crippen LogP contribution in [0, 0.1) is 0 Å². The molecule has 0 saturated heterocycles. The van der Waals surface area contributed by atoms with E-state index < -0.39 is 18.2 Å². The fourth-order valence-corrected chi connectivity index (χ4v) is 1.24. The average Bonchev–Trinajstić information content (AvgIpc) is 2.30. The van der Waals surface area contributed by atoms with Crippen molar-refractivity contribution in [2.24, 2.45) is 4.99 Å². The molecule has 0 aliphatic rings. The average molecular weight is 248 g/mol. The second kappa shape index (κ2) is 6.32. The highest BCUT2D eigenvalue weighted by Gasteiger charge is 2.26. The van der Waals surface area contributed by atoms with Crippen LogP contribution in [-0.2, 0) is 4.79 Å². The van der Waals surface area contributed by atoms with Crippen LogP contribution in [0.3, 0.4) is 0 Å². The highest BCUT2D eigenvalue weighted by Crippen LogP contribution is 2.12. The molecule has 0 fully saturated rings. The fraction of sp³-hybridized carbons (Fsp3) is 0.250. The number of rotatable bonds is 2. The number of imide groups is 1. The summed E-state index contributed by atoms with van der Waals surface area (Å²) >= 11 is 0. The molecule has 0 unspecified atom stereocenters. The number of urea groups is 1. The summed E-state index contributed by atoms with van der Waals surface area (Å²) < 4.78 is 4.98. The molecule has 0 spiro atoms. The first-order chi connectivity index (χ1) is 8.56. The van der Waals surface area contributed by atoms with Crippen molar-refractivity contribution in [3.8, 4) is 5.75 Å². The molecule has 0 bridgehead atoms. The zero-order valence-electron chi connectivity index (χ0n) is 9.99. The molecule has 0 radical (unpaired) electrons. The van der Waals surface area contributed by atoms with E-state index in [2.05, 4.69) is 4.99 Å². The predicted octanol–water partition coefficient (Wildman–Crippen LogP) is 2.35. The lowest BCUT2D eigenvalue weighted by Gasteiger charge is -2.20.